The number of carbonyl (C=O) groups excluding carboxylic acids is 2. The molecule has 1 aliphatic heterocycles. The molecule has 0 radical (unpaired) electrons. The first-order valence-electron chi connectivity index (χ1n) is 7.92. The predicted molar refractivity (Wildman–Crippen MR) is 91.2 cm³/mol. The Hall–Kier alpha value is -3.54. The van der Waals surface area contributed by atoms with Gasteiger partial charge in [0, 0.05) is 12.1 Å². The summed E-state index contributed by atoms with van der Waals surface area (Å²) >= 11 is 0. The Morgan fingerprint density at radius 3 is 2.69 bits per heavy atom. The lowest BCUT2D eigenvalue weighted by Gasteiger charge is -2.06. The highest BCUT2D eigenvalue weighted by Gasteiger charge is 2.30. The number of ketones is 1. The molecule has 0 spiro atoms. The molecule has 26 heavy (non-hydrogen) atoms. The van der Waals surface area contributed by atoms with Crippen molar-refractivity contribution in [3.63, 3.8) is 0 Å². The van der Waals surface area contributed by atoms with Crippen molar-refractivity contribution in [1.82, 2.24) is 0 Å². The minimum atomic E-state index is -0.625. The highest BCUT2D eigenvalue weighted by Crippen LogP contribution is 2.37. The first-order valence-corrected chi connectivity index (χ1v) is 7.92. The van der Waals surface area contributed by atoms with E-state index in [4.69, 9.17) is 18.3 Å². The first kappa shape index (κ1) is 16.0. The second-order valence-electron chi connectivity index (χ2n) is 5.87. The summed E-state index contributed by atoms with van der Waals surface area (Å²) in [6, 6.07) is 9.78. The number of ether oxygens (including phenoxy) is 2. The topological polar surface area (TPSA) is 78.9 Å². The molecule has 0 fully saturated rings. The second kappa shape index (κ2) is 6.07. The van der Waals surface area contributed by atoms with Gasteiger partial charge in [0.05, 0.1) is 11.8 Å². The van der Waals surface area contributed by atoms with E-state index < -0.39 is 5.97 Å². The quantitative estimate of drug-likeness (QED) is 0.397. The average Bonchev–Trinajstić information content (AvgIpc) is 3.30. The highest BCUT2D eigenvalue weighted by molar-refractivity contribution is 6.15. The van der Waals surface area contributed by atoms with Gasteiger partial charge < -0.3 is 18.3 Å². The third-order valence-corrected chi connectivity index (χ3v) is 3.91. The van der Waals surface area contributed by atoms with E-state index in [1.807, 2.05) is 6.92 Å². The number of allylic oxidation sites excluding steroid dienone is 1. The van der Waals surface area contributed by atoms with Crippen LogP contribution in [-0.4, -0.2) is 11.8 Å². The standard InChI is InChI=1S/C20H14O6/c1-11-8-14(25-20(22)15-4-3-7-23-15)10-16-18(11)19(21)17(26-16)9-13-6-5-12(2)24-13/h3-10H,1-2H3/b17-9-. The minimum Gasteiger partial charge on any atom is -0.462 e. The highest BCUT2D eigenvalue weighted by atomic mass is 16.5. The molecule has 0 aliphatic carbocycles. The zero-order valence-corrected chi connectivity index (χ0v) is 14.1. The molecule has 0 unspecified atom stereocenters. The molecular formula is C20H14O6. The Kier molecular flexibility index (Phi) is 3.73. The van der Waals surface area contributed by atoms with Gasteiger partial charge in [-0.2, -0.15) is 0 Å². The number of aryl methyl sites for hydroxylation is 2. The van der Waals surface area contributed by atoms with Gasteiger partial charge in [-0.05, 0) is 49.7 Å². The Morgan fingerprint density at radius 2 is 2.00 bits per heavy atom. The maximum Gasteiger partial charge on any atom is 0.379 e. The Labute approximate surface area is 148 Å². The van der Waals surface area contributed by atoms with Crippen LogP contribution in [-0.2, 0) is 0 Å². The molecule has 0 atom stereocenters. The number of hydrogen-bond donors (Lipinski definition) is 0. The Bertz CT molecular complexity index is 1040. The summed E-state index contributed by atoms with van der Waals surface area (Å²) in [5, 5.41) is 0. The summed E-state index contributed by atoms with van der Waals surface area (Å²) in [5.41, 5.74) is 1.09. The van der Waals surface area contributed by atoms with Gasteiger partial charge in [-0.25, -0.2) is 4.79 Å². The van der Waals surface area contributed by atoms with Crippen LogP contribution in [0.5, 0.6) is 11.5 Å². The van der Waals surface area contributed by atoms with Gasteiger partial charge in [0.1, 0.15) is 23.0 Å². The molecule has 4 rings (SSSR count). The van der Waals surface area contributed by atoms with E-state index in [1.54, 1.807) is 37.3 Å². The third kappa shape index (κ3) is 2.82. The largest absolute Gasteiger partial charge is 0.462 e. The van der Waals surface area contributed by atoms with Gasteiger partial charge in [-0.15, -0.1) is 0 Å². The van der Waals surface area contributed by atoms with E-state index in [0.717, 1.165) is 5.76 Å². The molecule has 6 nitrogen and oxygen atoms in total. The molecule has 2 aromatic heterocycles. The fourth-order valence-corrected chi connectivity index (χ4v) is 2.75. The van der Waals surface area contributed by atoms with E-state index in [9.17, 15) is 9.59 Å². The van der Waals surface area contributed by atoms with Gasteiger partial charge in [0.15, 0.2) is 5.76 Å². The van der Waals surface area contributed by atoms with Crippen LogP contribution in [0.4, 0.5) is 0 Å². The molecule has 130 valence electrons. The van der Waals surface area contributed by atoms with E-state index in [0.29, 0.717) is 22.6 Å². The summed E-state index contributed by atoms with van der Waals surface area (Å²) in [7, 11) is 0. The van der Waals surface area contributed by atoms with Gasteiger partial charge >= 0.3 is 5.97 Å². The zero-order valence-electron chi connectivity index (χ0n) is 14.1. The monoisotopic (exact) mass is 350 g/mol. The number of furan rings is 2. The van der Waals surface area contributed by atoms with Gasteiger partial charge in [-0.1, -0.05) is 0 Å². The smallest absolute Gasteiger partial charge is 0.379 e. The van der Waals surface area contributed by atoms with Crippen LogP contribution in [0.3, 0.4) is 0 Å². The van der Waals surface area contributed by atoms with Gasteiger partial charge in [0.25, 0.3) is 0 Å². The number of fused-ring (bicyclic) bond motifs is 1. The number of benzene rings is 1. The molecular weight excluding hydrogens is 336 g/mol. The van der Waals surface area contributed by atoms with Crippen molar-refractivity contribution in [2.45, 2.75) is 13.8 Å². The molecule has 1 aliphatic rings. The average molecular weight is 350 g/mol. The zero-order chi connectivity index (χ0) is 18.3. The summed E-state index contributed by atoms with van der Waals surface area (Å²) in [5.74, 6) is 1.26. The molecule has 0 amide bonds. The van der Waals surface area contributed by atoms with E-state index in [2.05, 4.69) is 0 Å². The SMILES string of the molecule is Cc1ccc(/C=C2\Oc3cc(OC(=O)c4ccco4)cc(C)c3C2=O)o1. The Morgan fingerprint density at radius 1 is 1.15 bits per heavy atom. The number of hydrogen-bond acceptors (Lipinski definition) is 6. The summed E-state index contributed by atoms with van der Waals surface area (Å²) in [6.07, 6.45) is 2.93. The summed E-state index contributed by atoms with van der Waals surface area (Å²) in [4.78, 5) is 24.6. The van der Waals surface area contributed by atoms with Crippen LogP contribution in [0.25, 0.3) is 6.08 Å². The summed E-state index contributed by atoms with van der Waals surface area (Å²) in [6.45, 7) is 3.57. The van der Waals surface area contributed by atoms with Gasteiger partial charge in [0.2, 0.25) is 11.5 Å². The number of carbonyl (C=O) groups is 2. The molecule has 3 heterocycles. The molecule has 3 aromatic rings. The fourth-order valence-electron chi connectivity index (χ4n) is 2.75. The third-order valence-electron chi connectivity index (χ3n) is 3.91. The first-order chi connectivity index (χ1) is 12.5. The van der Waals surface area contributed by atoms with E-state index >= 15 is 0 Å². The fraction of sp³-hybridized carbons (Fsp3) is 0.100. The number of rotatable bonds is 3. The second-order valence-corrected chi connectivity index (χ2v) is 5.87. The van der Waals surface area contributed by atoms with E-state index in [-0.39, 0.29) is 23.1 Å². The normalized spacial score (nSPS) is 14.4. The molecule has 0 N–H and O–H groups in total. The van der Waals surface area contributed by atoms with Crippen molar-refractivity contribution in [2.75, 3.05) is 0 Å². The lowest BCUT2D eigenvalue weighted by atomic mass is 10.0. The molecule has 1 aromatic carbocycles. The minimum absolute atomic E-state index is 0.0916. The molecule has 0 bridgehead atoms. The maximum atomic E-state index is 12.6. The number of Topliss-reactive ketones (excluding diaryl/α,β-unsaturated/α-hetero) is 1. The van der Waals surface area contributed by atoms with Gasteiger partial charge in [-0.3, -0.25) is 4.79 Å². The molecule has 6 heteroatoms. The molecule has 0 saturated heterocycles. The van der Waals surface area contributed by atoms with Crippen LogP contribution < -0.4 is 9.47 Å². The Balaban J connectivity index is 1.63. The van der Waals surface area contributed by atoms with Crippen LogP contribution >= 0.6 is 0 Å². The number of esters is 1. The lowest BCUT2D eigenvalue weighted by molar-refractivity contribution is 0.0701. The van der Waals surface area contributed by atoms with Crippen molar-refractivity contribution >= 4 is 17.8 Å². The van der Waals surface area contributed by atoms with Crippen LogP contribution in [0, 0.1) is 13.8 Å². The summed E-state index contributed by atoms with van der Waals surface area (Å²) < 4.78 is 21.4. The van der Waals surface area contributed by atoms with Crippen LogP contribution in [0.1, 0.15) is 38.0 Å². The predicted octanol–water partition coefficient (Wildman–Crippen LogP) is 4.32. The maximum absolute atomic E-state index is 12.6. The van der Waals surface area contributed by atoms with Crippen molar-refractivity contribution in [2.24, 2.45) is 0 Å². The van der Waals surface area contributed by atoms with E-state index in [1.165, 1.54) is 18.4 Å². The van der Waals surface area contributed by atoms with Crippen molar-refractivity contribution in [1.29, 1.82) is 0 Å². The van der Waals surface area contributed by atoms with Crippen LogP contribution in [0.2, 0.25) is 0 Å². The lowest BCUT2D eigenvalue weighted by Crippen LogP contribution is -2.07. The van der Waals surface area contributed by atoms with Crippen molar-refractivity contribution < 1.29 is 27.9 Å². The van der Waals surface area contributed by atoms with Crippen molar-refractivity contribution in [3.8, 4) is 11.5 Å². The van der Waals surface area contributed by atoms with Crippen molar-refractivity contribution in [3.05, 3.63) is 76.8 Å². The molecule has 0 saturated carbocycles. The van der Waals surface area contributed by atoms with Crippen LogP contribution in [0.15, 0.2) is 57.3 Å².